The van der Waals surface area contributed by atoms with Crippen molar-refractivity contribution in [1.82, 2.24) is 4.72 Å². The normalized spacial score (nSPS) is 27.7. The summed E-state index contributed by atoms with van der Waals surface area (Å²) in [6.45, 7) is 13.1. The first-order valence-corrected chi connectivity index (χ1v) is 9.95. The van der Waals surface area contributed by atoms with E-state index >= 15 is 0 Å². The van der Waals surface area contributed by atoms with Crippen molar-refractivity contribution in [3.63, 3.8) is 0 Å². The fourth-order valence-corrected chi connectivity index (χ4v) is 4.50. The molecule has 0 aliphatic heterocycles. The van der Waals surface area contributed by atoms with Crippen LogP contribution in [0.3, 0.4) is 0 Å². The minimum atomic E-state index is -1.06. The van der Waals surface area contributed by atoms with Crippen molar-refractivity contribution in [2.24, 2.45) is 11.3 Å². The van der Waals surface area contributed by atoms with Gasteiger partial charge in [-0.25, -0.2) is 8.93 Å². The summed E-state index contributed by atoms with van der Waals surface area (Å²) in [4.78, 5) is 0. The average molecular weight is 336 g/mol. The standard InChI is InChI=1S/C20H33NOS/c1-18(2,3)16-12-14-20(15-13-16,17-10-8-7-9-11-17)21-23(22)19(4,5)6/h7-11,16,21H,12-15H2,1-6H3. The maximum atomic E-state index is 12.8. The van der Waals surface area contributed by atoms with E-state index in [1.165, 1.54) is 18.4 Å². The Hall–Kier alpha value is -0.670. The third kappa shape index (κ3) is 4.45. The lowest BCUT2D eigenvalue weighted by molar-refractivity contribution is 0.126. The molecule has 1 unspecified atom stereocenters. The lowest BCUT2D eigenvalue weighted by Crippen LogP contribution is -2.50. The van der Waals surface area contributed by atoms with Crippen LogP contribution in [0.15, 0.2) is 30.3 Å². The molecule has 1 aliphatic carbocycles. The van der Waals surface area contributed by atoms with Crippen molar-refractivity contribution in [2.45, 2.75) is 77.5 Å². The Morgan fingerprint density at radius 3 is 1.96 bits per heavy atom. The first-order chi connectivity index (χ1) is 10.5. The molecular formula is C20H33NOS. The highest BCUT2D eigenvalue weighted by atomic mass is 32.2. The first kappa shape index (κ1) is 18.7. The molecule has 0 heterocycles. The van der Waals surface area contributed by atoms with Gasteiger partial charge in [-0.3, -0.25) is 0 Å². The molecule has 1 N–H and O–H groups in total. The summed E-state index contributed by atoms with van der Waals surface area (Å²) in [5.41, 5.74) is 1.48. The zero-order valence-electron chi connectivity index (χ0n) is 15.6. The maximum absolute atomic E-state index is 12.8. The molecule has 1 aromatic carbocycles. The van der Waals surface area contributed by atoms with E-state index in [1.807, 2.05) is 20.8 Å². The smallest absolute Gasteiger partial charge is 0.0978 e. The molecular weight excluding hydrogens is 302 g/mol. The molecule has 0 saturated heterocycles. The minimum Gasteiger partial charge on any atom is -0.242 e. The van der Waals surface area contributed by atoms with Crippen molar-refractivity contribution < 1.29 is 4.21 Å². The van der Waals surface area contributed by atoms with E-state index in [1.54, 1.807) is 0 Å². The second-order valence-corrected chi connectivity index (χ2v) is 11.0. The number of benzene rings is 1. The monoisotopic (exact) mass is 335 g/mol. The van der Waals surface area contributed by atoms with Gasteiger partial charge in [-0.2, -0.15) is 0 Å². The van der Waals surface area contributed by atoms with Crippen LogP contribution in [-0.4, -0.2) is 8.96 Å². The van der Waals surface area contributed by atoms with Crippen LogP contribution in [0.5, 0.6) is 0 Å². The lowest BCUT2D eigenvalue weighted by atomic mass is 9.66. The summed E-state index contributed by atoms with van der Waals surface area (Å²) < 4.78 is 16.1. The SMILES string of the molecule is CC(C)(C)C1CCC(NS(=O)C(C)(C)C)(c2ccccc2)CC1. The third-order valence-corrected chi connectivity index (χ3v) is 6.92. The van der Waals surface area contributed by atoms with Crippen LogP contribution in [0, 0.1) is 11.3 Å². The van der Waals surface area contributed by atoms with Crippen molar-refractivity contribution in [1.29, 1.82) is 0 Å². The second kappa shape index (κ2) is 6.68. The zero-order valence-corrected chi connectivity index (χ0v) is 16.4. The molecule has 1 saturated carbocycles. The molecule has 1 aromatic rings. The van der Waals surface area contributed by atoms with Crippen LogP contribution in [0.2, 0.25) is 0 Å². The molecule has 1 fully saturated rings. The van der Waals surface area contributed by atoms with Gasteiger partial charge in [0.1, 0.15) is 0 Å². The summed E-state index contributed by atoms with van der Waals surface area (Å²) in [6.07, 6.45) is 4.49. The Bertz CT molecular complexity index is 531. The van der Waals surface area contributed by atoms with E-state index in [4.69, 9.17) is 0 Å². The number of hydrogen-bond acceptors (Lipinski definition) is 1. The highest BCUT2D eigenvalue weighted by Gasteiger charge is 2.42. The van der Waals surface area contributed by atoms with Gasteiger partial charge in [-0.05, 0) is 63.4 Å². The zero-order chi connectivity index (χ0) is 17.3. The van der Waals surface area contributed by atoms with E-state index in [0.717, 1.165) is 18.8 Å². The molecule has 0 spiro atoms. The van der Waals surface area contributed by atoms with E-state index < -0.39 is 11.0 Å². The van der Waals surface area contributed by atoms with Crippen molar-refractivity contribution >= 4 is 11.0 Å². The van der Waals surface area contributed by atoms with Crippen LogP contribution in [0.4, 0.5) is 0 Å². The van der Waals surface area contributed by atoms with Crippen LogP contribution < -0.4 is 4.72 Å². The number of hydrogen-bond donors (Lipinski definition) is 1. The molecule has 23 heavy (non-hydrogen) atoms. The summed E-state index contributed by atoms with van der Waals surface area (Å²) in [5, 5.41) is 0. The maximum Gasteiger partial charge on any atom is 0.0978 e. The fourth-order valence-electron chi connectivity index (χ4n) is 3.51. The first-order valence-electron chi connectivity index (χ1n) is 8.80. The van der Waals surface area contributed by atoms with Gasteiger partial charge in [0.15, 0.2) is 0 Å². The van der Waals surface area contributed by atoms with Crippen molar-refractivity contribution in [3.8, 4) is 0 Å². The largest absolute Gasteiger partial charge is 0.242 e. The minimum absolute atomic E-state index is 0.152. The van der Waals surface area contributed by atoms with E-state index in [-0.39, 0.29) is 10.3 Å². The second-order valence-electron chi connectivity index (χ2n) is 9.07. The number of rotatable bonds is 3. The lowest BCUT2D eigenvalue weighted by Gasteiger charge is -2.45. The highest BCUT2D eigenvalue weighted by Crippen LogP contribution is 2.45. The third-order valence-electron chi connectivity index (χ3n) is 5.23. The van der Waals surface area contributed by atoms with Gasteiger partial charge >= 0.3 is 0 Å². The predicted molar refractivity (Wildman–Crippen MR) is 101 cm³/mol. The Balaban J connectivity index is 2.27. The Morgan fingerprint density at radius 1 is 1.00 bits per heavy atom. The summed E-state index contributed by atoms with van der Waals surface area (Å²) in [7, 11) is -1.06. The topological polar surface area (TPSA) is 29.1 Å². The van der Waals surface area contributed by atoms with Crippen molar-refractivity contribution in [2.75, 3.05) is 0 Å². The van der Waals surface area contributed by atoms with Crippen LogP contribution in [0.25, 0.3) is 0 Å². The fraction of sp³-hybridized carbons (Fsp3) is 0.700. The van der Waals surface area contributed by atoms with Crippen molar-refractivity contribution in [3.05, 3.63) is 35.9 Å². The van der Waals surface area contributed by atoms with Gasteiger partial charge < -0.3 is 0 Å². The molecule has 0 aromatic heterocycles. The molecule has 1 atom stereocenters. The number of nitrogens with one attached hydrogen (secondary N) is 1. The van der Waals surface area contributed by atoms with Crippen LogP contribution in [0.1, 0.15) is 72.8 Å². The quantitative estimate of drug-likeness (QED) is 0.811. The van der Waals surface area contributed by atoms with Gasteiger partial charge in [0.05, 0.1) is 21.3 Å². The van der Waals surface area contributed by atoms with Gasteiger partial charge in [-0.15, -0.1) is 0 Å². The van der Waals surface area contributed by atoms with Gasteiger partial charge in [0.2, 0.25) is 0 Å². The highest BCUT2D eigenvalue weighted by molar-refractivity contribution is 7.84. The summed E-state index contributed by atoms with van der Waals surface area (Å²) in [5.74, 6) is 0.740. The Kier molecular flexibility index (Phi) is 5.42. The summed E-state index contributed by atoms with van der Waals surface area (Å²) in [6, 6.07) is 10.6. The molecule has 2 nitrogen and oxygen atoms in total. The Morgan fingerprint density at radius 2 is 1.52 bits per heavy atom. The van der Waals surface area contributed by atoms with E-state index in [2.05, 4.69) is 55.8 Å². The molecule has 3 heteroatoms. The van der Waals surface area contributed by atoms with Gasteiger partial charge in [-0.1, -0.05) is 51.1 Å². The van der Waals surface area contributed by atoms with Crippen LogP contribution in [-0.2, 0) is 16.5 Å². The Labute approximate surface area is 145 Å². The van der Waals surface area contributed by atoms with E-state index in [0.29, 0.717) is 5.41 Å². The molecule has 0 amide bonds. The summed E-state index contributed by atoms with van der Waals surface area (Å²) >= 11 is 0. The van der Waals surface area contributed by atoms with Crippen LogP contribution >= 0.6 is 0 Å². The van der Waals surface area contributed by atoms with Gasteiger partial charge in [0.25, 0.3) is 0 Å². The molecule has 0 bridgehead atoms. The molecule has 1 aliphatic rings. The molecule has 130 valence electrons. The average Bonchev–Trinajstić information content (AvgIpc) is 2.46. The van der Waals surface area contributed by atoms with Gasteiger partial charge in [0, 0.05) is 0 Å². The molecule has 2 rings (SSSR count). The predicted octanol–water partition coefficient (Wildman–Crippen LogP) is 5.17. The molecule has 0 radical (unpaired) electrons. The van der Waals surface area contributed by atoms with E-state index in [9.17, 15) is 4.21 Å².